The summed E-state index contributed by atoms with van der Waals surface area (Å²) >= 11 is 5.61. The van der Waals surface area contributed by atoms with E-state index in [1.165, 1.54) is 0 Å². The average Bonchev–Trinajstić information content (AvgIpc) is 2.55. The fraction of sp³-hybridized carbons (Fsp3) is 0.200. The Balaban J connectivity index is 1.67. The number of nitrogens with one attached hydrogen (secondary N) is 1. The summed E-state index contributed by atoms with van der Waals surface area (Å²) in [5, 5.41) is -0.251. The Labute approximate surface area is 138 Å². The molecule has 1 N–H and O–H groups in total. The van der Waals surface area contributed by atoms with Gasteiger partial charge < -0.3 is 9.47 Å². The number of rotatable bonds is 4. The van der Waals surface area contributed by atoms with Gasteiger partial charge in [-0.3, -0.25) is 0 Å². The lowest BCUT2D eigenvalue weighted by atomic mass is 10.2. The number of ether oxygens (including phenoxy) is 2. The molecular weight excluding hydrogens is 345 g/mol. The molecule has 8 heteroatoms. The zero-order valence-corrected chi connectivity index (χ0v) is 13.4. The molecular formula is C15H13ClFNO4S. The molecule has 5 nitrogen and oxygen atoms in total. The fourth-order valence-corrected chi connectivity index (χ4v) is 3.43. The molecule has 3 rings (SSSR count). The second-order valence-electron chi connectivity index (χ2n) is 4.93. The maximum Gasteiger partial charge on any atom is 0.240 e. The van der Waals surface area contributed by atoms with Gasteiger partial charge in [-0.25, -0.2) is 17.5 Å². The Bertz CT molecular complexity index is 828. The van der Waals surface area contributed by atoms with E-state index >= 15 is 0 Å². The van der Waals surface area contributed by atoms with Crippen LogP contribution in [0, 0.1) is 5.82 Å². The summed E-state index contributed by atoms with van der Waals surface area (Å²) in [6.07, 6.45) is -0.462. The van der Waals surface area contributed by atoms with Crippen molar-refractivity contribution in [3.8, 4) is 11.5 Å². The lowest BCUT2D eigenvalue weighted by molar-refractivity contribution is 0.0943. The van der Waals surface area contributed by atoms with E-state index in [1.54, 1.807) is 18.2 Å². The minimum atomic E-state index is -3.81. The van der Waals surface area contributed by atoms with Crippen LogP contribution >= 0.6 is 11.6 Å². The van der Waals surface area contributed by atoms with Gasteiger partial charge in [0.1, 0.15) is 18.5 Å². The molecule has 0 amide bonds. The normalized spacial score (nSPS) is 17.0. The molecule has 1 atom stereocenters. The standard InChI is InChI=1S/C15H13ClFNO4S/c16-12-7-11(5-6-13(12)17)23(19,20)18-8-10-9-21-14-3-1-2-4-15(14)22-10/h1-7,10,18H,8-9H2/t10-/m0/s1. The van der Waals surface area contributed by atoms with Crippen LogP contribution in [0.4, 0.5) is 4.39 Å². The monoisotopic (exact) mass is 357 g/mol. The smallest absolute Gasteiger partial charge is 0.240 e. The first kappa shape index (κ1) is 16.0. The van der Waals surface area contributed by atoms with Crippen LogP contribution in [0.15, 0.2) is 47.4 Å². The van der Waals surface area contributed by atoms with E-state index in [0.29, 0.717) is 11.5 Å². The van der Waals surface area contributed by atoms with Crippen LogP contribution in [0.3, 0.4) is 0 Å². The first-order chi connectivity index (χ1) is 11.0. The van der Waals surface area contributed by atoms with Gasteiger partial charge in [0, 0.05) is 0 Å². The number of benzene rings is 2. The van der Waals surface area contributed by atoms with Crippen LogP contribution in [0.5, 0.6) is 11.5 Å². The highest BCUT2D eigenvalue weighted by atomic mass is 35.5. The third-order valence-corrected chi connectivity index (χ3v) is 4.98. The molecule has 0 radical (unpaired) electrons. The highest BCUT2D eigenvalue weighted by molar-refractivity contribution is 7.89. The van der Waals surface area contributed by atoms with E-state index in [9.17, 15) is 12.8 Å². The Morgan fingerprint density at radius 3 is 2.70 bits per heavy atom. The van der Waals surface area contributed by atoms with Crippen molar-refractivity contribution in [3.63, 3.8) is 0 Å². The van der Waals surface area contributed by atoms with Crippen molar-refractivity contribution in [3.05, 3.63) is 53.3 Å². The van der Waals surface area contributed by atoms with Crippen LogP contribution < -0.4 is 14.2 Å². The molecule has 0 saturated heterocycles. The Morgan fingerprint density at radius 2 is 1.96 bits per heavy atom. The lowest BCUT2D eigenvalue weighted by Gasteiger charge is -2.26. The first-order valence-electron chi connectivity index (χ1n) is 6.79. The van der Waals surface area contributed by atoms with Gasteiger partial charge in [-0.2, -0.15) is 0 Å². The molecule has 23 heavy (non-hydrogen) atoms. The topological polar surface area (TPSA) is 64.6 Å². The summed E-state index contributed by atoms with van der Waals surface area (Å²) in [4.78, 5) is -0.110. The van der Waals surface area contributed by atoms with Crippen molar-refractivity contribution < 1.29 is 22.3 Å². The van der Waals surface area contributed by atoms with Gasteiger partial charge in [-0.05, 0) is 30.3 Å². The van der Waals surface area contributed by atoms with Crippen molar-refractivity contribution in [1.29, 1.82) is 0 Å². The van der Waals surface area contributed by atoms with Gasteiger partial charge in [-0.1, -0.05) is 23.7 Å². The van der Waals surface area contributed by atoms with E-state index in [1.807, 2.05) is 6.07 Å². The van der Waals surface area contributed by atoms with Gasteiger partial charge >= 0.3 is 0 Å². The highest BCUT2D eigenvalue weighted by Gasteiger charge is 2.23. The minimum Gasteiger partial charge on any atom is -0.486 e. The van der Waals surface area contributed by atoms with Crippen molar-refractivity contribution in [2.24, 2.45) is 0 Å². The molecule has 0 aliphatic carbocycles. The largest absolute Gasteiger partial charge is 0.486 e. The van der Waals surface area contributed by atoms with Crippen LogP contribution in [0.25, 0.3) is 0 Å². The number of para-hydroxylation sites is 2. The molecule has 0 saturated carbocycles. The first-order valence-corrected chi connectivity index (χ1v) is 8.65. The van der Waals surface area contributed by atoms with E-state index in [2.05, 4.69) is 4.72 Å². The van der Waals surface area contributed by atoms with Crippen LogP contribution in [0.2, 0.25) is 5.02 Å². The van der Waals surface area contributed by atoms with E-state index in [0.717, 1.165) is 18.2 Å². The average molecular weight is 358 g/mol. The summed E-state index contributed by atoms with van der Waals surface area (Å²) in [6, 6.07) is 10.4. The van der Waals surface area contributed by atoms with Crippen LogP contribution in [-0.2, 0) is 10.0 Å². The predicted molar refractivity (Wildman–Crippen MR) is 83.0 cm³/mol. The quantitative estimate of drug-likeness (QED) is 0.913. The van der Waals surface area contributed by atoms with Crippen molar-refractivity contribution >= 4 is 21.6 Å². The maximum atomic E-state index is 13.1. The van der Waals surface area contributed by atoms with Crippen LogP contribution in [0.1, 0.15) is 0 Å². The number of halogens is 2. The summed E-state index contributed by atoms with van der Waals surface area (Å²) in [5.74, 6) is 0.510. The Kier molecular flexibility index (Phi) is 4.43. The minimum absolute atomic E-state index is 0.0195. The fourth-order valence-electron chi connectivity index (χ4n) is 2.09. The Hall–Kier alpha value is -1.83. The molecule has 1 heterocycles. The van der Waals surface area contributed by atoms with E-state index < -0.39 is 21.9 Å². The molecule has 0 aromatic heterocycles. The molecule has 1 aliphatic heterocycles. The highest BCUT2D eigenvalue weighted by Crippen LogP contribution is 2.30. The maximum absolute atomic E-state index is 13.1. The lowest BCUT2D eigenvalue weighted by Crippen LogP contribution is -2.40. The van der Waals surface area contributed by atoms with Crippen molar-refractivity contribution in [1.82, 2.24) is 4.72 Å². The van der Waals surface area contributed by atoms with Crippen LogP contribution in [-0.4, -0.2) is 27.7 Å². The van der Waals surface area contributed by atoms with Gasteiger partial charge in [0.05, 0.1) is 16.5 Å². The number of hydrogen-bond acceptors (Lipinski definition) is 4. The van der Waals surface area contributed by atoms with E-state index in [-0.39, 0.29) is 23.1 Å². The van der Waals surface area contributed by atoms with Gasteiger partial charge in [0.25, 0.3) is 0 Å². The molecule has 0 fully saturated rings. The van der Waals surface area contributed by atoms with Gasteiger partial charge in [0.2, 0.25) is 10.0 Å². The number of sulfonamides is 1. The third-order valence-electron chi connectivity index (χ3n) is 3.27. The summed E-state index contributed by atoms with van der Waals surface area (Å²) in [7, 11) is -3.81. The molecule has 0 bridgehead atoms. The van der Waals surface area contributed by atoms with Gasteiger partial charge in [-0.15, -0.1) is 0 Å². The molecule has 1 aliphatic rings. The predicted octanol–water partition coefficient (Wildman–Crippen LogP) is 2.60. The third kappa shape index (κ3) is 3.57. The zero-order chi connectivity index (χ0) is 16.4. The molecule has 0 spiro atoms. The van der Waals surface area contributed by atoms with Crippen molar-refractivity contribution in [2.45, 2.75) is 11.0 Å². The molecule has 2 aromatic rings. The SMILES string of the molecule is O=S(=O)(NC[C@H]1COc2ccccc2O1)c1ccc(F)c(Cl)c1. The Morgan fingerprint density at radius 1 is 1.22 bits per heavy atom. The second-order valence-corrected chi connectivity index (χ2v) is 7.10. The number of hydrogen-bond donors (Lipinski definition) is 1. The zero-order valence-electron chi connectivity index (χ0n) is 11.8. The number of fused-ring (bicyclic) bond motifs is 1. The molecule has 2 aromatic carbocycles. The summed E-state index contributed by atoms with van der Waals surface area (Å²) in [6.45, 7) is 0.245. The van der Waals surface area contributed by atoms with Gasteiger partial charge in [0.15, 0.2) is 11.5 Å². The molecule has 122 valence electrons. The summed E-state index contributed by atoms with van der Waals surface area (Å²) < 4.78 is 51.1. The second kappa shape index (κ2) is 6.35. The van der Waals surface area contributed by atoms with E-state index in [4.69, 9.17) is 21.1 Å². The summed E-state index contributed by atoms with van der Waals surface area (Å²) in [5.41, 5.74) is 0. The van der Waals surface area contributed by atoms with Crippen molar-refractivity contribution in [2.75, 3.05) is 13.2 Å². The molecule has 0 unspecified atom stereocenters.